The molecule has 0 spiro atoms. The second-order valence-electron chi connectivity index (χ2n) is 4.27. The first-order valence-electron chi connectivity index (χ1n) is 6.15. The molecule has 0 aliphatic heterocycles. The van der Waals surface area contributed by atoms with Crippen LogP contribution in [0.3, 0.4) is 0 Å². The fraction of sp³-hybridized carbons (Fsp3) is 0.750. The number of halogens is 3. The van der Waals surface area contributed by atoms with Crippen LogP contribution in [0.5, 0.6) is 0 Å². The van der Waals surface area contributed by atoms with Crippen molar-refractivity contribution in [1.82, 2.24) is 9.97 Å². The first kappa shape index (κ1) is 14.1. The van der Waals surface area contributed by atoms with Crippen molar-refractivity contribution in [2.75, 3.05) is 0 Å². The van der Waals surface area contributed by atoms with E-state index in [4.69, 9.17) is 0 Å². The largest absolute Gasteiger partial charge is 0.449 e. The number of rotatable bonds is 7. The summed E-state index contributed by atoms with van der Waals surface area (Å²) in [4.78, 5) is 5.65. The van der Waals surface area contributed by atoms with Gasteiger partial charge in [0.15, 0.2) is 0 Å². The highest BCUT2D eigenvalue weighted by Gasteiger charge is 2.34. The number of nitrogens with one attached hydrogen (secondary N) is 1. The minimum absolute atomic E-state index is 0.577. The molecule has 98 valence electrons. The molecule has 0 bridgehead atoms. The molecule has 0 radical (unpaired) electrons. The van der Waals surface area contributed by atoms with Gasteiger partial charge in [-0.2, -0.15) is 13.2 Å². The van der Waals surface area contributed by atoms with E-state index in [1.54, 1.807) is 0 Å². The highest BCUT2D eigenvalue weighted by atomic mass is 19.4. The Morgan fingerprint density at radius 2 is 1.76 bits per heavy atom. The highest BCUT2D eigenvalue weighted by molar-refractivity contribution is 5.03. The summed E-state index contributed by atoms with van der Waals surface area (Å²) in [6.07, 6.45) is 4.38. The van der Waals surface area contributed by atoms with E-state index in [1.807, 2.05) is 0 Å². The fourth-order valence-corrected chi connectivity index (χ4v) is 1.73. The smallest absolute Gasteiger partial charge is 0.338 e. The number of unbranched alkanes of at least 4 members (excludes halogenated alkanes) is 5. The molecule has 1 aromatic heterocycles. The zero-order chi connectivity index (χ0) is 12.7. The van der Waals surface area contributed by atoms with Crippen LogP contribution in [-0.4, -0.2) is 9.97 Å². The lowest BCUT2D eigenvalue weighted by atomic mass is 10.1. The second-order valence-corrected chi connectivity index (χ2v) is 4.27. The zero-order valence-electron chi connectivity index (χ0n) is 10.1. The lowest BCUT2D eigenvalue weighted by Crippen LogP contribution is -2.07. The Balaban J connectivity index is 2.21. The third-order valence-corrected chi connectivity index (χ3v) is 2.70. The molecule has 0 saturated carbocycles. The van der Waals surface area contributed by atoms with Crippen molar-refractivity contribution < 1.29 is 13.2 Å². The van der Waals surface area contributed by atoms with Crippen molar-refractivity contribution in [1.29, 1.82) is 0 Å². The molecular formula is C12H19F3N2. The van der Waals surface area contributed by atoms with E-state index in [0.717, 1.165) is 19.3 Å². The van der Waals surface area contributed by atoms with Gasteiger partial charge >= 0.3 is 6.18 Å². The molecule has 0 aliphatic carbocycles. The Morgan fingerprint density at radius 1 is 1.12 bits per heavy atom. The number of nitrogens with zero attached hydrogens (tertiary/aromatic N) is 1. The van der Waals surface area contributed by atoms with Gasteiger partial charge in [0.25, 0.3) is 0 Å². The van der Waals surface area contributed by atoms with E-state index in [9.17, 15) is 13.2 Å². The van der Waals surface area contributed by atoms with Crippen molar-refractivity contribution in [3.8, 4) is 0 Å². The summed E-state index contributed by atoms with van der Waals surface area (Å²) in [5.74, 6) is -0.890. The van der Waals surface area contributed by atoms with Gasteiger partial charge in [0.05, 0.1) is 0 Å². The molecular weight excluding hydrogens is 229 g/mol. The van der Waals surface area contributed by atoms with Crippen LogP contribution in [-0.2, 0) is 12.6 Å². The topological polar surface area (TPSA) is 28.7 Å². The molecule has 17 heavy (non-hydrogen) atoms. The third kappa shape index (κ3) is 5.24. The standard InChI is InChI=1S/C12H19F3N2/c1-2-3-4-5-6-7-8-10-9-16-11(17-10)12(13,14)15/h9H,2-8H2,1H3,(H,16,17). The third-order valence-electron chi connectivity index (χ3n) is 2.70. The van der Waals surface area contributed by atoms with Crippen LogP contribution in [0, 0.1) is 0 Å². The number of aryl methyl sites for hydroxylation is 1. The van der Waals surface area contributed by atoms with E-state index < -0.39 is 12.0 Å². The van der Waals surface area contributed by atoms with Crippen molar-refractivity contribution in [3.63, 3.8) is 0 Å². The minimum atomic E-state index is -4.36. The van der Waals surface area contributed by atoms with Crippen LogP contribution < -0.4 is 0 Å². The molecule has 0 amide bonds. The predicted molar refractivity (Wildman–Crippen MR) is 60.7 cm³/mol. The number of imidazole rings is 1. The van der Waals surface area contributed by atoms with Crippen molar-refractivity contribution >= 4 is 0 Å². The summed E-state index contributed by atoms with van der Waals surface area (Å²) in [6, 6.07) is 0. The number of aromatic amines is 1. The molecule has 1 rings (SSSR count). The number of alkyl halides is 3. The molecule has 2 nitrogen and oxygen atoms in total. The lowest BCUT2D eigenvalue weighted by Gasteiger charge is -2.01. The van der Waals surface area contributed by atoms with Crippen molar-refractivity contribution in [2.24, 2.45) is 0 Å². The quantitative estimate of drug-likeness (QED) is 0.715. The maximum absolute atomic E-state index is 12.2. The number of hydrogen-bond donors (Lipinski definition) is 1. The Kier molecular flexibility index (Phi) is 5.51. The van der Waals surface area contributed by atoms with Gasteiger partial charge in [-0.25, -0.2) is 4.98 Å². The highest BCUT2D eigenvalue weighted by Crippen LogP contribution is 2.26. The fourth-order valence-electron chi connectivity index (χ4n) is 1.73. The first-order chi connectivity index (χ1) is 8.04. The molecule has 1 heterocycles. The van der Waals surface area contributed by atoms with Crippen molar-refractivity contribution in [2.45, 2.75) is 58.0 Å². The molecule has 0 aromatic carbocycles. The Morgan fingerprint density at radius 3 is 2.35 bits per heavy atom. The normalized spacial score (nSPS) is 12.0. The van der Waals surface area contributed by atoms with Gasteiger partial charge in [0.1, 0.15) is 0 Å². The van der Waals surface area contributed by atoms with Crippen LogP contribution in [0.2, 0.25) is 0 Å². The van der Waals surface area contributed by atoms with E-state index in [0.29, 0.717) is 12.1 Å². The summed E-state index contributed by atoms with van der Waals surface area (Å²) in [5, 5.41) is 0. The van der Waals surface area contributed by atoms with Gasteiger partial charge < -0.3 is 4.98 Å². The molecule has 1 N–H and O–H groups in total. The maximum Gasteiger partial charge on any atom is 0.449 e. The second kappa shape index (κ2) is 6.67. The molecule has 0 aliphatic rings. The number of aromatic nitrogens is 2. The van der Waals surface area contributed by atoms with Gasteiger partial charge in [-0.1, -0.05) is 39.0 Å². The Hall–Kier alpha value is -1.00. The number of H-pyrrole nitrogens is 1. The molecule has 0 unspecified atom stereocenters. The summed E-state index contributed by atoms with van der Waals surface area (Å²) >= 11 is 0. The van der Waals surface area contributed by atoms with Crippen molar-refractivity contribution in [3.05, 3.63) is 17.7 Å². The molecule has 0 saturated heterocycles. The maximum atomic E-state index is 12.2. The van der Waals surface area contributed by atoms with E-state index >= 15 is 0 Å². The van der Waals surface area contributed by atoms with Gasteiger partial charge in [-0.3, -0.25) is 0 Å². The molecule has 0 atom stereocenters. The summed E-state index contributed by atoms with van der Waals surface area (Å²) in [7, 11) is 0. The zero-order valence-corrected chi connectivity index (χ0v) is 10.1. The first-order valence-corrected chi connectivity index (χ1v) is 6.15. The number of hydrogen-bond acceptors (Lipinski definition) is 1. The van der Waals surface area contributed by atoms with Gasteiger partial charge in [0.2, 0.25) is 5.82 Å². The van der Waals surface area contributed by atoms with Crippen LogP contribution >= 0.6 is 0 Å². The van der Waals surface area contributed by atoms with Gasteiger partial charge in [-0.15, -0.1) is 0 Å². The average molecular weight is 248 g/mol. The minimum Gasteiger partial charge on any atom is -0.338 e. The Labute approximate surface area is 99.6 Å². The van der Waals surface area contributed by atoms with Gasteiger partial charge in [0, 0.05) is 11.9 Å². The van der Waals surface area contributed by atoms with E-state index in [-0.39, 0.29) is 0 Å². The van der Waals surface area contributed by atoms with Crippen LogP contribution in [0.15, 0.2) is 6.20 Å². The summed E-state index contributed by atoms with van der Waals surface area (Å²) in [5.41, 5.74) is 0.577. The van der Waals surface area contributed by atoms with E-state index in [2.05, 4.69) is 16.9 Å². The average Bonchev–Trinajstić information content (AvgIpc) is 2.71. The van der Waals surface area contributed by atoms with Crippen LogP contribution in [0.25, 0.3) is 0 Å². The SMILES string of the molecule is CCCCCCCCc1cnc(C(F)(F)F)[nH]1. The molecule has 0 fully saturated rings. The monoisotopic (exact) mass is 248 g/mol. The summed E-state index contributed by atoms with van der Waals surface area (Å²) < 4.78 is 36.7. The van der Waals surface area contributed by atoms with E-state index in [1.165, 1.54) is 25.5 Å². The lowest BCUT2D eigenvalue weighted by molar-refractivity contribution is -0.144. The Bertz CT molecular complexity index is 318. The van der Waals surface area contributed by atoms with Gasteiger partial charge in [-0.05, 0) is 12.8 Å². The van der Waals surface area contributed by atoms with Crippen LogP contribution in [0.4, 0.5) is 13.2 Å². The molecule has 5 heteroatoms. The summed E-state index contributed by atoms with van der Waals surface area (Å²) in [6.45, 7) is 2.16. The molecule has 1 aromatic rings. The van der Waals surface area contributed by atoms with Crippen LogP contribution in [0.1, 0.15) is 57.0 Å². The predicted octanol–water partition coefficient (Wildman–Crippen LogP) is 4.33.